The highest BCUT2D eigenvalue weighted by molar-refractivity contribution is 7.10. The Morgan fingerprint density at radius 2 is 1.16 bits per heavy atom. The zero-order chi connectivity index (χ0) is 26.2. The van der Waals surface area contributed by atoms with E-state index in [0.29, 0.717) is 0 Å². The SMILES string of the molecule is COc1cc(/C=C/c2ccc(N(c3ccccc3)c3ccccc3)cc2OC)ccc1/C=C/c1cccs1. The van der Waals surface area contributed by atoms with Gasteiger partial charge < -0.3 is 14.4 Å². The zero-order valence-corrected chi connectivity index (χ0v) is 22.3. The molecule has 5 rings (SSSR count). The van der Waals surface area contributed by atoms with Gasteiger partial charge in [0.05, 0.1) is 14.2 Å². The highest BCUT2D eigenvalue weighted by Crippen LogP contribution is 2.37. The van der Waals surface area contributed by atoms with Crippen LogP contribution in [-0.4, -0.2) is 14.2 Å². The van der Waals surface area contributed by atoms with Crippen LogP contribution in [0.5, 0.6) is 11.5 Å². The topological polar surface area (TPSA) is 21.7 Å². The van der Waals surface area contributed by atoms with Gasteiger partial charge in [0.25, 0.3) is 0 Å². The first-order chi connectivity index (χ1) is 18.7. The monoisotopic (exact) mass is 515 g/mol. The summed E-state index contributed by atoms with van der Waals surface area (Å²) in [4.78, 5) is 3.44. The largest absolute Gasteiger partial charge is 0.496 e. The molecule has 0 saturated carbocycles. The lowest BCUT2D eigenvalue weighted by Gasteiger charge is -2.26. The van der Waals surface area contributed by atoms with Gasteiger partial charge in [-0.25, -0.2) is 0 Å². The number of benzene rings is 4. The van der Waals surface area contributed by atoms with Gasteiger partial charge in [-0.1, -0.05) is 66.7 Å². The van der Waals surface area contributed by atoms with Crippen LogP contribution in [0.1, 0.15) is 21.6 Å². The molecule has 0 bridgehead atoms. The van der Waals surface area contributed by atoms with Crippen LogP contribution in [-0.2, 0) is 0 Å². The number of hydrogen-bond acceptors (Lipinski definition) is 4. The van der Waals surface area contributed by atoms with E-state index in [9.17, 15) is 0 Å². The van der Waals surface area contributed by atoms with E-state index in [1.807, 2.05) is 12.1 Å². The van der Waals surface area contributed by atoms with Gasteiger partial charge in [0.15, 0.2) is 0 Å². The second-order valence-corrected chi connectivity index (χ2v) is 9.60. The van der Waals surface area contributed by atoms with Crippen molar-refractivity contribution in [2.24, 2.45) is 0 Å². The molecule has 0 radical (unpaired) electrons. The number of methoxy groups -OCH3 is 2. The van der Waals surface area contributed by atoms with Gasteiger partial charge in [0.1, 0.15) is 11.5 Å². The molecule has 4 aromatic carbocycles. The first kappa shape index (κ1) is 25.1. The Hall–Kier alpha value is -4.54. The van der Waals surface area contributed by atoms with Crippen molar-refractivity contribution in [3.63, 3.8) is 0 Å². The smallest absolute Gasteiger partial charge is 0.128 e. The molecular weight excluding hydrogens is 486 g/mol. The van der Waals surface area contributed by atoms with Crippen LogP contribution in [0.2, 0.25) is 0 Å². The quantitative estimate of drug-likeness (QED) is 0.182. The Kier molecular flexibility index (Phi) is 8.02. The summed E-state index contributed by atoms with van der Waals surface area (Å²) in [6.45, 7) is 0. The highest BCUT2D eigenvalue weighted by Gasteiger charge is 2.14. The molecule has 188 valence electrons. The Labute approximate surface area is 228 Å². The molecule has 0 aliphatic carbocycles. The van der Waals surface area contributed by atoms with E-state index < -0.39 is 0 Å². The normalized spacial score (nSPS) is 11.2. The van der Waals surface area contributed by atoms with Crippen LogP contribution in [0.15, 0.2) is 115 Å². The summed E-state index contributed by atoms with van der Waals surface area (Å²) in [5.74, 6) is 1.64. The molecule has 0 atom stereocenters. The zero-order valence-electron chi connectivity index (χ0n) is 21.5. The van der Waals surface area contributed by atoms with Crippen molar-refractivity contribution in [3.8, 4) is 11.5 Å². The Morgan fingerprint density at radius 3 is 1.76 bits per heavy atom. The number of rotatable bonds is 9. The number of anilines is 3. The van der Waals surface area contributed by atoms with E-state index in [4.69, 9.17) is 9.47 Å². The van der Waals surface area contributed by atoms with E-state index in [1.165, 1.54) is 4.88 Å². The van der Waals surface area contributed by atoms with Gasteiger partial charge in [0, 0.05) is 39.1 Å². The fourth-order valence-electron chi connectivity index (χ4n) is 4.29. The first-order valence-electron chi connectivity index (χ1n) is 12.4. The second kappa shape index (κ2) is 12.1. The number of para-hydroxylation sites is 2. The van der Waals surface area contributed by atoms with Gasteiger partial charge in [-0.05, 0) is 71.6 Å². The first-order valence-corrected chi connectivity index (χ1v) is 13.3. The minimum absolute atomic E-state index is 0.804. The molecule has 0 fully saturated rings. The summed E-state index contributed by atoms with van der Waals surface area (Å²) < 4.78 is 11.5. The van der Waals surface area contributed by atoms with E-state index in [1.54, 1.807) is 25.6 Å². The standard InChI is InChI=1S/C34H29NO2S/c1-36-33-24-26(16-18-28(33)20-22-32-14-9-23-38-32)15-17-27-19-21-31(25-34(27)37-2)35(29-10-5-3-6-11-29)30-12-7-4-8-13-30/h3-25H,1-2H3/b17-15+,22-20+. The number of thiophene rings is 1. The molecule has 0 amide bonds. The molecule has 4 heteroatoms. The van der Waals surface area contributed by atoms with Crippen molar-refractivity contribution in [2.45, 2.75) is 0 Å². The van der Waals surface area contributed by atoms with E-state index in [-0.39, 0.29) is 0 Å². The predicted octanol–water partition coefficient (Wildman–Crippen LogP) is 9.58. The molecule has 1 heterocycles. The predicted molar refractivity (Wildman–Crippen MR) is 163 cm³/mol. The highest BCUT2D eigenvalue weighted by atomic mass is 32.1. The van der Waals surface area contributed by atoms with Crippen LogP contribution in [0.3, 0.4) is 0 Å². The van der Waals surface area contributed by atoms with Crippen LogP contribution < -0.4 is 14.4 Å². The Bertz CT molecular complexity index is 1480. The van der Waals surface area contributed by atoms with Crippen molar-refractivity contribution in [1.29, 1.82) is 0 Å². The molecule has 0 unspecified atom stereocenters. The van der Waals surface area contributed by atoms with E-state index >= 15 is 0 Å². The number of ether oxygens (including phenoxy) is 2. The minimum Gasteiger partial charge on any atom is -0.496 e. The maximum atomic E-state index is 5.82. The van der Waals surface area contributed by atoms with E-state index in [2.05, 4.69) is 132 Å². The summed E-state index contributed by atoms with van der Waals surface area (Å²) in [6.07, 6.45) is 8.36. The van der Waals surface area contributed by atoms with Crippen molar-refractivity contribution < 1.29 is 9.47 Å². The molecule has 0 N–H and O–H groups in total. The summed E-state index contributed by atoms with van der Waals surface area (Å²) >= 11 is 1.71. The summed E-state index contributed by atoms with van der Waals surface area (Å²) in [6, 6.07) is 37.4. The van der Waals surface area contributed by atoms with Gasteiger partial charge in [0.2, 0.25) is 0 Å². The fraction of sp³-hybridized carbons (Fsp3) is 0.0588. The van der Waals surface area contributed by atoms with Crippen molar-refractivity contribution >= 4 is 52.7 Å². The molecular formula is C34H29NO2S. The molecule has 0 saturated heterocycles. The summed E-state index contributed by atoms with van der Waals surface area (Å²) in [5.41, 5.74) is 6.30. The van der Waals surface area contributed by atoms with Crippen molar-refractivity contribution in [1.82, 2.24) is 0 Å². The fourth-order valence-corrected chi connectivity index (χ4v) is 4.91. The summed E-state index contributed by atoms with van der Waals surface area (Å²) in [5, 5.41) is 2.08. The average Bonchev–Trinajstić information content (AvgIpc) is 3.50. The molecule has 1 aromatic heterocycles. The molecule has 0 aliphatic rings. The maximum absolute atomic E-state index is 5.82. The minimum atomic E-state index is 0.804. The van der Waals surface area contributed by atoms with Crippen LogP contribution in [0.25, 0.3) is 24.3 Å². The van der Waals surface area contributed by atoms with Crippen molar-refractivity contribution in [2.75, 3.05) is 19.1 Å². The van der Waals surface area contributed by atoms with Gasteiger partial charge in [-0.3, -0.25) is 0 Å². The summed E-state index contributed by atoms with van der Waals surface area (Å²) in [7, 11) is 3.42. The third-order valence-corrected chi connectivity index (χ3v) is 7.02. The third-order valence-electron chi connectivity index (χ3n) is 6.19. The maximum Gasteiger partial charge on any atom is 0.128 e. The van der Waals surface area contributed by atoms with Crippen LogP contribution in [0, 0.1) is 0 Å². The van der Waals surface area contributed by atoms with Crippen LogP contribution >= 0.6 is 11.3 Å². The second-order valence-electron chi connectivity index (χ2n) is 8.62. The Morgan fingerprint density at radius 1 is 0.553 bits per heavy atom. The van der Waals surface area contributed by atoms with E-state index in [0.717, 1.165) is 45.3 Å². The Balaban J connectivity index is 1.42. The molecule has 3 nitrogen and oxygen atoms in total. The lowest BCUT2D eigenvalue weighted by molar-refractivity contribution is 0.414. The van der Waals surface area contributed by atoms with Crippen LogP contribution in [0.4, 0.5) is 17.1 Å². The molecule has 38 heavy (non-hydrogen) atoms. The molecule has 0 spiro atoms. The van der Waals surface area contributed by atoms with Gasteiger partial charge >= 0.3 is 0 Å². The van der Waals surface area contributed by atoms with Gasteiger partial charge in [-0.2, -0.15) is 0 Å². The average molecular weight is 516 g/mol. The number of nitrogens with zero attached hydrogens (tertiary/aromatic N) is 1. The van der Waals surface area contributed by atoms with Gasteiger partial charge in [-0.15, -0.1) is 11.3 Å². The molecule has 5 aromatic rings. The number of hydrogen-bond donors (Lipinski definition) is 0. The third kappa shape index (κ3) is 5.88. The van der Waals surface area contributed by atoms with Crippen molar-refractivity contribution in [3.05, 3.63) is 136 Å². The molecule has 0 aliphatic heterocycles. The lowest BCUT2D eigenvalue weighted by Crippen LogP contribution is -2.09. The lowest BCUT2D eigenvalue weighted by atomic mass is 10.1.